The highest BCUT2D eigenvalue weighted by atomic mass is 16.3. The van der Waals surface area contributed by atoms with E-state index in [0.717, 1.165) is 6.26 Å². The first-order valence-electron chi connectivity index (χ1n) is 2.81. The molecule has 0 aromatic rings. The lowest BCUT2D eigenvalue weighted by molar-refractivity contribution is 0.422. The number of aliphatic hydroxyl groups excluding tert-OH is 2. The molecule has 0 aliphatic heterocycles. The zero-order chi connectivity index (χ0) is 7.98. The van der Waals surface area contributed by atoms with E-state index >= 15 is 0 Å². The molecule has 0 amide bonds. The fourth-order valence-electron chi connectivity index (χ4n) is 0.351. The highest BCUT2D eigenvalue weighted by Gasteiger charge is 1.90. The normalized spacial score (nSPS) is 14.5. The fraction of sp³-hybridized carbons (Fsp3) is 0.143. The second-order valence-corrected chi connectivity index (χ2v) is 1.74. The van der Waals surface area contributed by atoms with Crippen LogP contribution in [0.3, 0.4) is 0 Å². The van der Waals surface area contributed by atoms with Crippen molar-refractivity contribution >= 4 is 0 Å². The Labute approximate surface area is 59.8 Å². The van der Waals surface area contributed by atoms with Crippen molar-refractivity contribution in [1.82, 2.24) is 0 Å². The van der Waals surface area contributed by atoms with Gasteiger partial charge in [0.15, 0.2) is 0 Å². The molecule has 0 aliphatic carbocycles. The van der Waals surface area contributed by atoms with Crippen LogP contribution in [-0.2, 0) is 0 Å². The summed E-state index contributed by atoms with van der Waals surface area (Å²) in [5.74, 6) is 0.0489. The van der Waals surface area contributed by atoms with Crippen molar-refractivity contribution in [3.05, 3.63) is 35.9 Å². The second-order valence-electron chi connectivity index (χ2n) is 1.74. The van der Waals surface area contributed by atoms with Crippen molar-refractivity contribution in [3.8, 4) is 0 Å². The first kappa shape index (κ1) is 8.62. The molecule has 56 valence electrons. The monoisotopic (exact) mass is 141 g/mol. The summed E-state index contributed by atoms with van der Waals surface area (Å²) in [5, 5.41) is 17.2. The van der Waals surface area contributed by atoms with Gasteiger partial charge in [-0.15, -0.1) is 0 Å². The molecule has 0 aromatic heterocycles. The smallest absolute Gasteiger partial charge is 0.120 e. The predicted octanol–water partition coefficient (Wildman–Crippen LogP) is 1.36. The van der Waals surface area contributed by atoms with Gasteiger partial charge in [0, 0.05) is 11.8 Å². The van der Waals surface area contributed by atoms with Crippen molar-refractivity contribution in [1.29, 1.82) is 0 Å². The molecule has 0 atom stereocenters. The topological polar surface area (TPSA) is 66.5 Å². The minimum absolute atomic E-state index is 0.0489. The van der Waals surface area contributed by atoms with Gasteiger partial charge in [-0.2, -0.15) is 0 Å². The molecule has 10 heavy (non-hydrogen) atoms. The second kappa shape index (κ2) is 4.49. The summed E-state index contributed by atoms with van der Waals surface area (Å²) in [7, 11) is 0. The van der Waals surface area contributed by atoms with Crippen LogP contribution in [-0.4, -0.2) is 10.2 Å². The molecule has 4 N–H and O–H groups in total. The molecule has 0 radical (unpaired) electrons. The summed E-state index contributed by atoms with van der Waals surface area (Å²) < 4.78 is 0. The minimum Gasteiger partial charge on any atom is -0.516 e. The highest BCUT2D eigenvalue weighted by molar-refractivity contribution is 5.24. The molecule has 3 nitrogen and oxygen atoms in total. The van der Waals surface area contributed by atoms with E-state index in [0.29, 0.717) is 5.57 Å². The summed E-state index contributed by atoms with van der Waals surface area (Å²) in [6, 6.07) is 0. The molecular weight excluding hydrogens is 130 g/mol. The van der Waals surface area contributed by atoms with Crippen LogP contribution in [0.4, 0.5) is 0 Å². The SMILES string of the molecule is CC(=C\N)/C(O)=C\C=C\O. The van der Waals surface area contributed by atoms with Gasteiger partial charge in [0.25, 0.3) is 0 Å². The fourth-order valence-corrected chi connectivity index (χ4v) is 0.351. The Morgan fingerprint density at radius 2 is 2.10 bits per heavy atom. The van der Waals surface area contributed by atoms with Crippen molar-refractivity contribution in [2.75, 3.05) is 0 Å². The van der Waals surface area contributed by atoms with Crippen LogP contribution in [0.15, 0.2) is 35.9 Å². The summed E-state index contributed by atoms with van der Waals surface area (Å²) in [5.41, 5.74) is 5.66. The third-order valence-corrected chi connectivity index (χ3v) is 0.994. The van der Waals surface area contributed by atoms with Crippen LogP contribution < -0.4 is 5.73 Å². The van der Waals surface area contributed by atoms with E-state index in [2.05, 4.69) is 0 Å². The third-order valence-electron chi connectivity index (χ3n) is 0.994. The third kappa shape index (κ3) is 2.81. The van der Waals surface area contributed by atoms with Crippen LogP contribution in [0.5, 0.6) is 0 Å². The first-order chi connectivity index (χ1) is 4.72. The largest absolute Gasteiger partial charge is 0.516 e. The summed E-state index contributed by atoms with van der Waals surface area (Å²) in [4.78, 5) is 0. The number of aliphatic hydroxyl groups is 2. The van der Waals surface area contributed by atoms with Crippen LogP contribution in [0.2, 0.25) is 0 Å². The maximum atomic E-state index is 9.00. The van der Waals surface area contributed by atoms with Crippen LogP contribution in [0, 0.1) is 0 Å². The van der Waals surface area contributed by atoms with E-state index in [1.54, 1.807) is 6.92 Å². The van der Waals surface area contributed by atoms with Crippen molar-refractivity contribution in [3.63, 3.8) is 0 Å². The number of hydrogen-bond acceptors (Lipinski definition) is 3. The molecule has 0 saturated carbocycles. The highest BCUT2D eigenvalue weighted by Crippen LogP contribution is 2.02. The maximum absolute atomic E-state index is 9.00. The molecule has 0 heterocycles. The van der Waals surface area contributed by atoms with Gasteiger partial charge < -0.3 is 15.9 Å². The van der Waals surface area contributed by atoms with Crippen molar-refractivity contribution in [2.24, 2.45) is 5.73 Å². The van der Waals surface area contributed by atoms with E-state index in [4.69, 9.17) is 15.9 Å². The van der Waals surface area contributed by atoms with Gasteiger partial charge in [-0.1, -0.05) is 0 Å². The van der Waals surface area contributed by atoms with Gasteiger partial charge in [0.2, 0.25) is 0 Å². The molecule has 0 aromatic carbocycles. The minimum atomic E-state index is 0.0489. The lowest BCUT2D eigenvalue weighted by atomic mass is 10.2. The number of nitrogens with two attached hydrogens (primary N) is 1. The molecular formula is C7H11NO2. The number of allylic oxidation sites excluding steroid dienone is 3. The standard InChI is InChI=1S/C7H11NO2/c1-6(5-8)7(10)3-2-4-9/h2-5,9-10H,8H2,1H3/b4-2+,6-5+,7-3+. The zero-order valence-electron chi connectivity index (χ0n) is 5.78. The Bertz CT molecular complexity index is 180. The Hall–Kier alpha value is -1.38. The van der Waals surface area contributed by atoms with Gasteiger partial charge in [0.05, 0.1) is 6.26 Å². The van der Waals surface area contributed by atoms with Crippen LogP contribution >= 0.6 is 0 Å². The Morgan fingerprint density at radius 3 is 2.50 bits per heavy atom. The maximum Gasteiger partial charge on any atom is 0.120 e. The van der Waals surface area contributed by atoms with Crippen LogP contribution in [0.1, 0.15) is 6.92 Å². The molecule has 0 unspecified atom stereocenters. The van der Waals surface area contributed by atoms with Crippen molar-refractivity contribution < 1.29 is 10.2 Å². The molecule has 0 bridgehead atoms. The molecule has 0 saturated heterocycles. The van der Waals surface area contributed by atoms with E-state index in [1.807, 2.05) is 0 Å². The van der Waals surface area contributed by atoms with Crippen LogP contribution in [0.25, 0.3) is 0 Å². The van der Waals surface area contributed by atoms with Crippen molar-refractivity contribution in [2.45, 2.75) is 6.92 Å². The van der Waals surface area contributed by atoms with Gasteiger partial charge in [-0.3, -0.25) is 0 Å². The van der Waals surface area contributed by atoms with E-state index in [1.165, 1.54) is 18.4 Å². The summed E-state index contributed by atoms with van der Waals surface area (Å²) >= 11 is 0. The first-order valence-corrected chi connectivity index (χ1v) is 2.81. The van der Waals surface area contributed by atoms with Gasteiger partial charge in [0.1, 0.15) is 5.76 Å². The molecule has 0 aliphatic rings. The zero-order valence-corrected chi connectivity index (χ0v) is 5.78. The Kier molecular flexibility index (Phi) is 3.87. The average Bonchev–Trinajstić information content (AvgIpc) is 1.98. The lowest BCUT2D eigenvalue weighted by Gasteiger charge is -1.94. The number of rotatable bonds is 2. The Morgan fingerprint density at radius 1 is 1.50 bits per heavy atom. The molecule has 0 fully saturated rings. The quantitative estimate of drug-likeness (QED) is 0.402. The van der Waals surface area contributed by atoms with E-state index in [9.17, 15) is 0 Å². The number of hydrogen-bond donors (Lipinski definition) is 3. The average molecular weight is 141 g/mol. The molecule has 3 heteroatoms. The van der Waals surface area contributed by atoms with E-state index < -0.39 is 0 Å². The van der Waals surface area contributed by atoms with Gasteiger partial charge in [-0.05, 0) is 19.1 Å². The van der Waals surface area contributed by atoms with E-state index in [-0.39, 0.29) is 5.76 Å². The Balaban J connectivity index is 4.19. The summed E-state index contributed by atoms with van der Waals surface area (Å²) in [6.45, 7) is 1.66. The lowest BCUT2D eigenvalue weighted by Crippen LogP contribution is -1.87. The summed E-state index contributed by atoms with van der Waals surface area (Å²) in [6.07, 6.45) is 4.78. The predicted molar refractivity (Wildman–Crippen MR) is 40.4 cm³/mol. The molecule has 0 rings (SSSR count). The molecule has 0 spiro atoms. The van der Waals surface area contributed by atoms with Gasteiger partial charge >= 0.3 is 0 Å². The van der Waals surface area contributed by atoms with Gasteiger partial charge in [-0.25, -0.2) is 0 Å².